The number of nitrogens with two attached hydrogens (primary N) is 1. The van der Waals surface area contributed by atoms with Crippen LogP contribution in [0.3, 0.4) is 0 Å². The van der Waals surface area contributed by atoms with E-state index in [2.05, 4.69) is 17.1 Å². The lowest BCUT2D eigenvalue weighted by Crippen LogP contribution is -2.39. The Bertz CT molecular complexity index is 384. The molecule has 0 aliphatic heterocycles. The van der Waals surface area contributed by atoms with Crippen LogP contribution in [0.4, 0.5) is 0 Å². The molecule has 0 bridgehead atoms. The van der Waals surface area contributed by atoms with E-state index in [-0.39, 0.29) is 5.41 Å². The van der Waals surface area contributed by atoms with Crippen LogP contribution in [0.5, 0.6) is 0 Å². The van der Waals surface area contributed by atoms with Crippen LogP contribution in [-0.4, -0.2) is 30.4 Å². The highest BCUT2D eigenvalue weighted by Crippen LogP contribution is 2.40. The van der Waals surface area contributed by atoms with Crippen LogP contribution in [0.15, 0.2) is 4.52 Å². The second-order valence-electron chi connectivity index (χ2n) is 5.78. The van der Waals surface area contributed by atoms with Crippen molar-refractivity contribution in [3.05, 3.63) is 11.7 Å². The summed E-state index contributed by atoms with van der Waals surface area (Å²) < 4.78 is 10.5. The molecule has 5 nitrogen and oxygen atoms in total. The average molecular weight is 267 g/mol. The second-order valence-corrected chi connectivity index (χ2v) is 5.78. The Morgan fingerprint density at radius 2 is 2.16 bits per heavy atom. The first-order valence-corrected chi connectivity index (χ1v) is 7.22. The van der Waals surface area contributed by atoms with E-state index < -0.39 is 0 Å². The van der Waals surface area contributed by atoms with Gasteiger partial charge in [0.2, 0.25) is 5.89 Å². The summed E-state index contributed by atoms with van der Waals surface area (Å²) in [7, 11) is 1.70. The van der Waals surface area contributed by atoms with E-state index in [1.807, 2.05) is 0 Å². The molecule has 1 aromatic heterocycles. The molecule has 0 atom stereocenters. The first kappa shape index (κ1) is 14.5. The van der Waals surface area contributed by atoms with E-state index in [9.17, 15) is 0 Å². The maximum absolute atomic E-state index is 6.00. The van der Waals surface area contributed by atoms with Gasteiger partial charge in [0.15, 0.2) is 5.82 Å². The van der Waals surface area contributed by atoms with Crippen molar-refractivity contribution in [2.75, 3.05) is 20.3 Å². The predicted molar refractivity (Wildman–Crippen MR) is 72.9 cm³/mol. The van der Waals surface area contributed by atoms with Gasteiger partial charge in [0.05, 0.1) is 5.41 Å². The monoisotopic (exact) mass is 267 g/mol. The Hall–Kier alpha value is -0.940. The summed E-state index contributed by atoms with van der Waals surface area (Å²) in [6, 6.07) is 0. The highest BCUT2D eigenvalue weighted by atomic mass is 16.5. The number of rotatable bonds is 6. The van der Waals surface area contributed by atoms with Crippen LogP contribution in [0.2, 0.25) is 0 Å². The molecule has 19 heavy (non-hydrogen) atoms. The third-order valence-corrected chi connectivity index (χ3v) is 4.29. The molecular weight excluding hydrogens is 242 g/mol. The fourth-order valence-corrected chi connectivity index (χ4v) is 2.77. The van der Waals surface area contributed by atoms with E-state index in [1.54, 1.807) is 7.11 Å². The smallest absolute Gasteiger partial charge is 0.234 e. The topological polar surface area (TPSA) is 74.2 Å². The summed E-state index contributed by atoms with van der Waals surface area (Å²) >= 11 is 0. The standard InChI is InChI=1S/C14H25N3O2/c1-11-5-7-14(10-15,8-6-11)13-16-12(17-19-13)4-3-9-18-2/h11H,3-10,15H2,1-2H3. The minimum atomic E-state index is -0.0843. The molecule has 108 valence electrons. The lowest BCUT2D eigenvalue weighted by Gasteiger charge is -2.35. The van der Waals surface area contributed by atoms with Crippen LogP contribution < -0.4 is 5.73 Å². The molecule has 1 heterocycles. The van der Waals surface area contributed by atoms with Gasteiger partial charge in [-0.05, 0) is 38.0 Å². The van der Waals surface area contributed by atoms with E-state index >= 15 is 0 Å². The van der Waals surface area contributed by atoms with Crippen LogP contribution >= 0.6 is 0 Å². The SMILES string of the molecule is COCCCc1noc(C2(CN)CCC(C)CC2)n1. The van der Waals surface area contributed by atoms with Crippen molar-refractivity contribution >= 4 is 0 Å². The molecule has 0 aromatic carbocycles. The van der Waals surface area contributed by atoms with Gasteiger partial charge in [-0.2, -0.15) is 4.98 Å². The predicted octanol–water partition coefficient (Wildman–Crippen LogP) is 2.06. The zero-order valence-corrected chi connectivity index (χ0v) is 12.0. The third-order valence-electron chi connectivity index (χ3n) is 4.29. The normalized spacial score (nSPS) is 27.6. The van der Waals surface area contributed by atoms with Crippen molar-refractivity contribution in [3.63, 3.8) is 0 Å². The summed E-state index contributed by atoms with van der Waals surface area (Å²) in [6.07, 6.45) is 6.22. The van der Waals surface area contributed by atoms with Gasteiger partial charge < -0.3 is 15.0 Å². The van der Waals surface area contributed by atoms with Gasteiger partial charge in [0.1, 0.15) is 0 Å². The quantitative estimate of drug-likeness (QED) is 0.798. The Morgan fingerprint density at radius 1 is 1.42 bits per heavy atom. The number of hydrogen-bond acceptors (Lipinski definition) is 5. The molecule has 0 spiro atoms. The summed E-state index contributed by atoms with van der Waals surface area (Å²) in [6.45, 7) is 3.62. The molecule has 1 aromatic rings. The van der Waals surface area contributed by atoms with Gasteiger partial charge in [-0.15, -0.1) is 0 Å². The maximum atomic E-state index is 6.00. The molecule has 5 heteroatoms. The second kappa shape index (κ2) is 6.48. The molecule has 1 aliphatic rings. The number of aryl methyl sites for hydroxylation is 1. The van der Waals surface area contributed by atoms with Gasteiger partial charge in [-0.25, -0.2) is 0 Å². The number of hydrogen-bond donors (Lipinski definition) is 1. The largest absolute Gasteiger partial charge is 0.385 e. The van der Waals surface area contributed by atoms with Crippen molar-refractivity contribution in [1.82, 2.24) is 10.1 Å². The minimum Gasteiger partial charge on any atom is -0.385 e. The molecule has 0 radical (unpaired) electrons. The van der Waals surface area contributed by atoms with Crippen molar-refractivity contribution in [3.8, 4) is 0 Å². The lowest BCUT2D eigenvalue weighted by atomic mass is 9.71. The molecule has 2 rings (SSSR count). The summed E-state index contributed by atoms with van der Waals surface area (Å²) in [5, 5.41) is 4.08. The summed E-state index contributed by atoms with van der Waals surface area (Å²) in [5.74, 6) is 2.30. The number of methoxy groups -OCH3 is 1. The van der Waals surface area contributed by atoms with Gasteiger partial charge in [0, 0.05) is 26.7 Å². The Labute approximate surface area is 114 Å². The van der Waals surface area contributed by atoms with Crippen molar-refractivity contribution < 1.29 is 9.26 Å². The summed E-state index contributed by atoms with van der Waals surface area (Å²) in [5.41, 5.74) is 5.91. The molecule has 2 N–H and O–H groups in total. The van der Waals surface area contributed by atoms with Crippen molar-refractivity contribution in [1.29, 1.82) is 0 Å². The zero-order chi connectivity index (χ0) is 13.7. The maximum Gasteiger partial charge on any atom is 0.234 e. The van der Waals surface area contributed by atoms with E-state index in [4.69, 9.17) is 15.0 Å². The van der Waals surface area contributed by atoms with Crippen molar-refractivity contribution in [2.24, 2.45) is 11.7 Å². The van der Waals surface area contributed by atoms with Gasteiger partial charge in [0.25, 0.3) is 0 Å². The van der Waals surface area contributed by atoms with Crippen LogP contribution in [0.1, 0.15) is 50.7 Å². The van der Waals surface area contributed by atoms with Gasteiger partial charge in [-0.3, -0.25) is 0 Å². The molecule has 1 saturated carbocycles. The van der Waals surface area contributed by atoms with E-state index in [1.165, 1.54) is 12.8 Å². The third kappa shape index (κ3) is 3.34. The van der Waals surface area contributed by atoms with Crippen LogP contribution in [-0.2, 0) is 16.6 Å². The first-order valence-electron chi connectivity index (χ1n) is 7.22. The van der Waals surface area contributed by atoms with Gasteiger partial charge in [-0.1, -0.05) is 12.1 Å². The minimum absolute atomic E-state index is 0.0843. The zero-order valence-electron chi connectivity index (χ0n) is 12.0. The highest BCUT2D eigenvalue weighted by molar-refractivity contribution is 5.08. The van der Waals surface area contributed by atoms with Crippen LogP contribution in [0.25, 0.3) is 0 Å². The summed E-state index contributed by atoms with van der Waals surface area (Å²) in [4.78, 5) is 4.56. The van der Waals surface area contributed by atoms with Crippen molar-refractivity contribution in [2.45, 2.75) is 50.9 Å². The molecule has 0 amide bonds. The first-order chi connectivity index (χ1) is 9.20. The molecule has 0 unspecified atom stereocenters. The number of aromatic nitrogens is 2. The molecule has 1 fully saturated rings. The average Bonchev–Trinajstić information content (AvgIpc) is 2.90. The number of ether oxygens (including phenoxy) is 1. The van der Waals surface area contributed by atoms with E-state index in [0.29, 0.717) is 6.54 Å². The fourth-order valence-electron chi connectivity index (χ4n) is 2.77. The Balaban J connectivity index is 2.02. The van der Waals surface area contributed by atoms with Crippen LogP contribution in [0, 0.1) is 5.92 Å². The Morgan fingerprint density at radius 3 is 2.79 bits per heavy atom. The van der Waals surface area contributed by atoms with Gasteiger partial charge >= 0.3 is 0 Å². The fraction of sp³-hybridized carbons (Fsp3) is 0.857. The molecular formula is C14H25N3O2. The molecule has 1 aliphatic carbocycles. The lowest BCUT2D eigenvalue weighted by molar-refractivity contribution is 0.190. The highest BCUT2D eigenvalue weighted by Gasteiger charge is 2.39. The van der Waals surface area contributed by atoms with E-state index in [0.717, 1.165) is 49.9 Å². The Kier molecular flexibility index (Phi) is 4.93. The number of nitrogens with zero attached hydrogens (tertiary/aromatic N) is 2. The molecule has 0 saturated heterocycles.